The van der Waals surface area contributed by atoms with Crippen molar-refractivity contribution in [3.05, 3.63) is 284 Å². The molecule has 12 aromatic carbocycles. The third kappa shape index (κ3) is 8.33. The van der Waals surface area contributed by atoms with Gasteiger partial charge in [0.05, 0.1) is 72.2 Å². The number of nitrogens with zero attached hydrogens (tertiary/aromatic N) is 7. The molecule has 90 heavy (non-hydrogen) atoms. The monoisotopic (exact) mass is 1160 g/mol. The zero-order valence-corrected chi connectivity index (χ0v) is 51.5. The summed E-state index contributed by atoms with van der Waals surface area (Å²) in [7, 11) is 0. The van der Waals surface area contributed by atoms with E-state index in [1.807, 2.05) is 0 Å². The Balaban J connectivity index is 1.07. The summed E-state index contributed by atoms with van der Waals surface area (Å²) in [6.07, 6.45) is 0. The van der Waals surface area contributed by atoms with E-state index < -0.39 is 0 Å². The lowest BCUT2D eigenvalue weighted by molar-refractivity contribution is 0.590. The Morgan fingerprint density at radius 2 is 0.622 bits per heavy atom. The first-order chi connectivity index (χ1) is 43.8. The van der Waals surface area contributed by atoms with Crippen LogP contribution in [-0.4, -0.2) is 32.5 Å². The van der Waals surface area contributed by atoms with Gasteiger partial charge >= 0.3 is 0 Å². The summed E-state index contributed by atoms with van der Waals surface area (Å²) in [6.45, 7) is 16.3. The van der Waals surface area contributed by atoms with Crippen molar-refractivity contribution in [2.24, 2.45) is 0 Å². The molecular weight excluding hydrogens is 1090 g/mol. The van der Waals surface area contributed by atoms with Crippen molar-refractivity contribution in [3.8, 4) is 72.7 Å². The molecule has 0 saturated heterocycles. The number of hydrogen-bond donors (Lipinski definition) is 0. The molecule has 432 valence electrons. The molecule has 17 rings (SSSR count). The van der Waals surface area contributed by atoms with Crippen LogP contribution < -0.4 is 0 Å². The summed E-state index contributed by atoms with van der Waals surface area (Å²) in [5, 5.41) is 2.44. The number of imidazole rings is 4. The summed E-state index contributed by atoms with van der Waals surface area (Å²) in [4.78, 5) is 11.5. The van der Waals surface area contributed by atoms with Crippen LogP contribution >= 0.6 is 0 Å². The van der Waals surface area contributed by atoms with Crippen LogP contribution in [0.5, 0.6) is 0 Å². The minimum absolute atomic E-state index is 0.0844. The topological polar surface area (TPSA) is 49.4 Å². The largest absolute Gasteiger partial charge is 0.307 e. The van der Waals surface area contributed by atoms with Crippen molar-refractivity contribution < 1.29 is 0 Å². The molecule has 5 heterocycles. The molecule has 0 fully saturated rings. The maximum Gasteiger partial charge on any atom is 0.220 e. The molecule has 7 nitrogen and oxygen atoms in total. The average molecular weight is 1160 g/mol. The molecule has 0 N–H and O–H groups in total. The summed E-state index contributed by atoms with van der Waals surface area (Å²) in [5.74, 6) is 1.64. The molecule has 5 aromatic heterocycles. The van der Waals surface area contributed by atoms with Crippen LogP contribution in [0.1, 0.15) is 58.2 Å². The number of aromatic nitrogens is 7. The molecule has 0 unspecified atom stereocenters. The third-order valence-electron chi connectivity index (χ3n) is 18.8. The minimum atomic E-state index is -0.0844. The van der Waals surface area contributed by atoms with E-state index >= 15 is 0 Å². The van der Waals surface area contributed by atoms with Gasteiger partial charge < -0.3 is 4.57 Å². The second kappa shape index (κ2) is 20.0. The number of benzene rings is 12. The first-order valence-corrected chi connectivity index (χ1v) is 31.3. The Kier molecular flexibility index (Phi) is 11.8. The Bertz CT molecular complexity index is 5640. The maximum atomic E-state index is 5.80. The lowest BCUT2D eigenvalue weighted by atomic mass is 9.85. The zero-order chi connectivity index (χ0) is 60.7. The van der Waals surface area contributed by atoms with E-state index in [1.165, 1.54) is 21.9 Å². The molecular formula is C83H65N7. The van der Waals surface area contributed by atoms with E-state index in [0.717, 1.165) is 145 Å². The predicted molar refractivity (Wildman–Crippen MR) is 376 cm³/mol. The molecule has 17 aromatic rings. The second-order valence-corrected chi connectivity index (χ2v) is 26.4. The molecule has 0 amide bonds. The van der Waals surface area contributed by atoms with E-state index in [0.29, 0.717) is 0 Å². The molecule has 7 heteroatoms. The van der Waals surface area contributed by atoms with Crippen LogP contribution in [0.3, 0.4) is 0 Å². The van der Waals surface area contributed by atoms with Crippen LogP contribution in [0, 0.1) is 6.92 Å². The fourth-order valence-electron chi connectivity index (χ4n) is 14.2. The molecule has 0 atom stereocenters. The summed E-state index contributed by atoms with van der Waals surface area (Å²) in [5.41, 5.74) is 28.2. The van der Waals surface area contributed by atoms with E-state index in [9.17, 15) is 0 Å². The van der Waals surface area contributed by atoms with E-state index in [1.54, 1.807) is 0 Å². The van der Waals surface area contributed by atoms with E-state index in [2.05, 4.69) is 338 Å². The summed E-state index contributed by atoms with van der Waals surface area (Å²) < 4.78 is 12.3. The van der Waals surface area contributed by atoms with Gasteiger partial charge in [0.15, 0.2) is 0 Å². The van der Waals surface area contributed by atoms with Gasteiger partial charge in [-0.05, 0) is 158 Å². The lowest BCUT2D eigenvalue weighted by Gasteiger charge is -2.25. The molecule has 0 bridgehead atoms. The van der Waals surface area contributed by atoms with Gasteiger partial charge in [0.1, 0.15) is 0 Å². The highest BCUT2D eigenvalue weighted by Gasteiger charge is 2.31. The van der Waals surface area contributed by atoms with Gasteiger partial charge in [-0.3, -0.25) is 17.9 Å². The van der Waals surface area contributed by atoms with Gasteiger partial charge in [-0.15, -0.1) is 0 Å². The van der Waals surface area contributed by atoms with Crippen LogP contribution in [0.2, 0.25) is 0 Å². The summed E-state index contributed by atoms with van der Waals surface area (Å²) >= 11 is 0. The normalized spacial score (nSPS) is 12.4. The Labute approximate surface area is 522 Å². The SMILES string of the molecule is Cc1c(-n2c3ccc(-c4ccccc4)cc3n3c4cc(-c5ccccc5)ccc4nc23)c(-c2ccccc2)cc(-n2c3ccc(C(C)(C)C)cc3c3cc(C(C)(C)C)ccc32)c1-n1c2ccc(-c3ccccc3)cc2n2c3cc(-c4ccccc4)ccc3nc12. The quantitative estimate of drug-likeness (QED) is 0.152. The number of rotatable bonds is 8. The van der Waals surface area contributed by atoms with Gasteiger partial charge in [-0.25, -0.2) is 9.97 Å². The van der Waals surface area contributed by atoms with Crippen LogP contribution in [0.25, 0.3) is 150 Å². The lowest BCUT2D eigenvalue weighted by Crippen LogP contribution is -2.12. The van der Waals surface area contributed by atoms with Crippen molar-refractivity contribution in [2.45, 2.75) is 59.3 Å². The molecule has 0 saturated carbocycles. The number of fused-ring (bicyclic) bond motifs is 13. The van der Waals surface area contributed by atoms with Crippen LogP contribution in [0.15, 0.2) is 267 Å². The molecule has 0 aliphatic rings. The molecule has 0 spiro atoms. The first-order valence-electron chi connectivity index (χ1n) is 31.3. The molecule has 0 aliphatic carbocycles. The van der Waals surface area contributed by atoms with Crippen LogP contribution in [0.4, 0.5) is 0 Å². The van der Waals surface area contributed by atoms with Crippen molar-refractivity contribution in [1.29, 1.82) is 0 Å². The highest BCUT2D eigenvalue weighted by molar-refractivity contribution is 6.11. The second-order valence-electron chi connectivity index (χ2n) is 26.4. The van der Waals surface area contributed by atoms with Crippen molar-refractivity contribution in [1.82, 2.24) is 32.5 Å². The third-order valence-corrected chi connectivity index (χ3v) is 18.8. The standard InChI is InChI=1S/C83H65N7/c1-52-78(89-71-41-35-60(55-27-17-10-18-28-55)47-75(71)87-73-45-58(53-23-13-8-14-24-53)33-39-67(73)84-80(87)89)64(57-31-21-12-22-32-57)51-77(86-69-43-37-62(82(2,3)4)49-65(69)66-50-63(83(5,6)7)38-44-70(66)86)79(52)90-72-42-36-61(56-29-19-11-20-30-56)48-76(72)88-74-46-59(54-25-15-9-16-26-54)34-40-68(74)85-81(88)90/h8-51H,1-7H3. The van der Waals surface area contributed by atoms with Gasteiger partial charge in [0, 0.05) is 21.9 Å². The average Bonchev–Trinajstić information content (AvgIpc) is 1.55. The van der Waals surface area contributed by atoms with Crippen molar-refractivity contribution in [2.75, 3.05) is 0 Å². The Hall–Kier alpha value is -11.0. The number of hydrogen-bond acceptors (Lipinski definition) is 2. The fourth-order valence-corrected chi connectivity index (χ4v) is 14.2. The van der Waals surface area contributed by atoms with E-state index in [-0.39, 0.29) is 10.8 Å². The van der Waals surface area contributed by atoms with E-state index in [4.69, 9.17) is 9.97 Å². The summed E-state index contributed by atoms with van der Waals surface area (Å²) in [6, 6.07) is 98.1. The maximum absolute atomic E-state index is 5.80. The van der Waals surface area contributed by atoms with Gasteiger partial charge in [-0.2, -0.15) is 0 Å². The van der Waals surface area contributed by atoms with Gasteiger partial charge in [0.25, 0.3) is 0 Å². The van der Waals surface area contributed by atoms with Crippen molar-refractivity contribution >= 4 is 77.5 Å². The Morgan fingerprint density at radius 1 is 0.278 bits per heavy atom. The van der Waals surface area contributed by atoms with Crippen molar-refractivity contribution in [3.63, 3.8) is 0 Å². The smallest absolute Gasteiger partial charge is 0.220 e. The fraction of sp³-hybridized carbons (Fsp3) is 0.108. The predicted octanol–water partition coefficient (Wildman–Crippen LogP) is 21.5. The van der Waals surface area contributed by atoms with Gasteiger partial charge in [0.2, 0.25) is 11.6 Å². The van der Waals surface area contributed by atoms with Crippen LogP contribution in [-0.2, 0) is 10.8 Å². The molecule has 0 aliphatic heterocycles. The zero-order valence-electron chi connectivity index (χ0n) is 51.5. The highest BCUT2D eigenvalue weighted by atomic mass is 15.2. The highest BCUT2D eigenvalue weighted by Crippen LogP contribution is 2.47. The minimum Gasteiger partial charge on any atom is -0.307 e. The Morgan fingerprint density at radius 3 is 1.01 bits per heavy atom. The first kappa shape index (κ1) is 53.2. The van der Waals surface area contributed by atoms with Gasteiger partial charge in [-0.1, -0.05) is 230 Å². The molecule has 0 radical (unpaired) electrons.